The van der Waals surface area contributed by atoms with Crippen LogP contribution in [-0.4, -0.2) is 23.4 Å². The van der Waals surface area contributed by atoms with Gasteiger partial charge in [-0.3, -0.25) is 0 Å². The third-order valence-electron chi connectivity index (χ3n) is 1.41. The average molecular weight is 116 g/mol. The first-order chi connectivity index (χ1) is 3.64. The second-order valence-corrected chi connectivity index (χ2v) is 2.89. The minimum atomic E-state index is 0.0351. The van der Waals surface area contributed by atoms with Gasteiger partial charge in [0, 0.05) is 6.42 Å². The minimum Gasteiger partial charge on any atom is -0.394 e. The largest absolute Gasteiger partial charge is 0.394 e. The summed E-state index contributed by atoms with van der Waals surface area (Å²) in [6, 6.07) is 0. The molecule has 0 unspecified atom stereocenters. The highest BCUT2D eigenvalue weighted by molar-refractivity contribution is 4.84. The Labute approximate surface area is 49.5 Å². The Morgan fingerprint density at radius 3 is 2.38 bits per heavy atom. The highest BCUT2D eigenvalue weighted by Gasteiger charge is 2.36. The average Bonchev–Trinajstić information content (AvgIpc) is 1.60. The quantitative estimate of drug-likeness (QED) is 0.542. The van der Waals surface area contributed by atoms with Crippen LogP contribution >= 0.6 is 0 Å². The topological polar surface area (TPSA) is 29.5 Å². The Morgan fingerprint density at radius 1 is 1.75 bits per heavy atom. The first kappa shape index (κ1) is 6.05. The second kappa shape index (κ2) is 1.71. The lowest BCUT2D eigenvalue weighted by Crippen LogP contribution is -2.47. The number of hydrogen-bond donors (Lipinski definition) is 1. The normalized spacial score (nSPS) is 34.1. The summed E-state index contributed by atoms with van der Waals surface area (Å²) in [5.74, 6) is 0. The number of aliphatic hydroxyl groups excluding tert-OH is 1. The zero-order chi connectivity index (χ0) is 6.20. The molecule has 1 fully saturated rings. The van der Waals surface area contributed by atoms with Gasteiger partial charge >= 0.3 is 0 Å². The van der Waals surface area contributed by atoms with E-state index >= 15 is 0 Å². The van der Waals surface area contributed by atoms with E-state index in [1.807, 2.05) is 13.8 Å². The molecule has 2 nitrogen and oxygen atoms in total. The smallest absolute Gasteiger partial charge is 0.0840 e. The predicted octanol–water partition coefficient (Wildman–Crippen LogP) is 0.546. The van der Waals surface area contributed by atoms with E-state index in [2.05, 4.69) is 0 Å². The van der Waals surface area contributed by atoms with E-state index < -0.39 is 0 Å². The highest BCUT2D eigenvalue weighted by Crippen LogP contribution is 2.30. The molecule has 1 aliphatic heterocycles. The van der Waals surface area contributed by atoms with Gasteiger partial charge in [0.05, 0.1) is 18.3 Å². The number of hydrogen-bond acceptors (Lipinski definition) is 2. The number of ether oxygens (including phenoxy) is 1. The first-order valence-electron chi connectivity index (χ1n) is 2.93. The maximum Gasteiger partial charge on any atom is 0.0840 e. The number of rotatable bonds is 1. The van der Waals surface area contributed by atoms with Gasteiger partial charge in [0.1, 0.15) is 0 Å². The van der Waals surface area contributed by atoms with Crippen molar-refractivity contribution in [2.24, 2.45) is 0 Å². The summed E-state index contributed by atoms with van der Waals surface area (Å²) >= 11 is 0. The van der Waals surface area contributed by atoms with Crippen molar-refractivity contribution in [3.8, 4) is 0 Å². The minimum absolute atomic E-state index is 0.0351. The summed E-state index contributed by atoms with van der Waals surface area (Å²) in [7, 11) is 0. The van der Waals surface area contributed by atoms with Crippen molar-refractivity contribution in [3.63, 3.8) is 0 Å². The van der Waals surface area contributed by atoms with Crippen molar-refractivity contribution in [3.05, 3.63) is 0 Å². The van der Waals surface area contributed by atoms with E-state index in [9.17, 15) is 0 Å². The van der Waals surface area contributed by atoms with Gasteiger partial charge in [-0.1, -0.05) is 0 Å². The fourth-order valence-electron chi connectivity index (χ4n) is 1.09. The van der Waals surface area contributed by atoms with Crippen LogP contribution < -0.4 is 0 Å². The van der Waals surface area contributed by atoms with Crippen LogP contribution in [0.15, 0.2) is 0 Å². The lowest BCUT2D eigenvalue weighted by molar-refractivity contribution is -0.197. The third-order valence-corrected chi connectivity index (χ3v) is 1.41. The predicted molar refractivity (Wildman–Crippen MR) is 30.7 cm³/mol. The summed E-state index contributed by atoms with van der Waals surface area (Å²) in [5, 5.41) is 8.49. The highest BCUT2D eigenvalue weighted by atomic mass is 16.5. The van der Waals surface area contributed by atoms with E-state index in [-0.39, 0.29) is 18.3 Å². The Balaban J connectivity index is 2.21. The number of aliphatic hydroxyl groups is 1. The molecule has 1 rings (SSSR count). The third kappa shape index (κ3) is 1.01. The molecule has 2 heteroatoms. The van der Waals surface area contributed by atoms with Gasteiger partial charge in [0.15, 0.2) is 0 Å². The standard InChI is InChI=1S/C6H12O2/c1-6(2)3-5(4-7)8-6/h5,7H,3-4H2,1-2H3/t5-/m0/s1. The van der Waals surface area contributed by atoms with Gasteiger partial charge in [-0.05, 0) is 13.8 Å². The Bertz CT molecular complexity index is 80.5. The van der Waals surface area contributed by atoms with Crippen LogP contribution in [0.25, 0.3) is 0 Å². The molecular weight excluding hydrogens is 104 g/mol. The maximum atomic E-state index is 8.49. The molecule has 0 aromatic heterocycles. The Morgan fingerprint density at radius 2 is 2.25 bits per heavy atom. The van der Waals surface area contributed by atoms with E-state index in [4.69, 9.17) is 9.84 Å². The van der Waals surface area contributed by atoms with Crippen molar-refractivity contribution in [2.75, 3.05) is 6.61 Å². The SMILES string of the molecule is CC1(C)C[C@@H](CO)O1. The Kier molecular flexibility index (Phi) is 1.29. The zero-order valence-corrected chi connectivity index (χ0v) is 5.35. The molecule has 0 aliphatic carbocycles. The molecule has 1 saturated heterocycles. The molecule has 48 valence electrons. The molecule has 0 radical (unpaired) electrons. The van der Waals surface area contributed by atoms with Crippen LogP contribution in [0, 0.1) is 0 Å². The van der Waals surface area contributed by atoms with Crippen LogP contribution in [0.1, 0.15) is 20.3 Å². The molecule has 1 atom stereocenters. The second-order valence-electron chi connectivity index (χ2n) is 2.89. The summed E-state index contributed by atoms with van der Waals surface area (Å²) in [4.78, 5) is 0. The molecular formula is C6H12O2. The van der Waals surface area contributed by atoms with Crippen LogP contribution in [0.4, 0.5) is 0 Å². The molecule has 0 amide bonds. The van der Waals surface area contributed by atoms with Crippen LogP contribution in [0.3, 0.4) is 0 Å². The van der Waals surface area contributed by atoms with Crippen molar-refractivity contribution in [2.45, 2.75) is 32.0 Å². The zero-order valence-electron chi connectivity index (χ0n) is 5.35. The molecule has 1 aliphatic rings. The van der Waals surface area contributed by atoms with Crippen LogP contribution in [0.5, 0.6) is 0 Å². The molecule has 0 spiro atoms. The first-order valence-corrected chi connectivity index (χ1v) is 2.93. The molecule has 1 N–H and O–H groups in total. The summed E-state index contributed by atoms with van der Waals surface area (Å²) in [6.07, 6.45) is 1.11. The molecule has 0 saturated carbocycles. The van der Waals surface area contributed by atoms with Gasteiger partial charge in [-0.25, -0.2) is 0 Å². The molecule has 1 heterocycles. The van der Waals surface area contributed by atoms with Gasteiger partial charge in [-0.2, -0.15) is 0 Å². The maximum absolute atomic E-state index is 8.49. The summed E-state index contributed by atoms with van der Waals surface area (Å²) < 4.78 is 5.23. The lowest BCUT2D eigenvalue weighted by atomic mass is 9.94. The van der Waals surface area contributed by atoms with E-state index in [0.717, 1.165) is 6.42 Å². The van der Waals surface area contributed by atoms with Gasteiger partial charge in [0.2, 0.25) is 0 Å². The fraction of sp³-hybridized carbons (Fsp3) is 1.00. The van der Waals surface area contributed by atoms with Crippen molar-refractivity contribution >= 4 is 0 Å². The van der Waals surface area contributed by atoms with E-state index in [0.29, 0.717) is 0 Å². The van der Waals surface area contributed by atoms with Crippen molar-refractivity contribution in [1.29, 1.82) is 0 Å². The molecule has 0 aromatic carbocycles. The van der Waals surface area contributed by atoms with Crippen LogP contribution in [-0.2, 0) is 4.74 Å². The molecule has 0 aromatic rings. The van der Waals surface area contributed by atoms with Crippen molar-refractivity contribution in [1.82, 2.24) is 0 Å². The van der Waals surface area contributed by atoms with Gasteiger partial charge in [0.25, 0.3) is 0 Å². The van der Waals surface area contributed by atoms with E-state index in [1.54, 1.807) is 0 Å². The Hall–Kier alpha value is -0.0800. The van der Waals surface area contributed by atoms with Gasteiger partial charge < -0.3 is 9.84 Å². The van der Waals surface area contributed by atoms with Crippen LogP contribution in [0.2, 0.25) is 0 Å². The summed E-state index contributed by atoms with van der Waals surface area (Å²) in [6.45, 7) is 4.22. The molecule has 8 heavy (non-hydrogen) atoms. The molecule has 0 bridgehead atoms. The van der Waals surface area contributed by atoms with Crippen molar-refractivity contribution < 1.29 is 9.84 Å². The lowest BCUT2D eigenvalue weighted by Gasteiger charge is -2.42. The fourth-order valence-corrected chi connectivity index (χ4v) is 1.09. The monoisotopic (exact) mass is 116 g/mol. The summed E-state index contributed by atoms with van der Waals surface area (Å²) in [5.41, 5.74) is 0.0351. The van der Waals surface area contributed by atoms with Gasteiger partial charge in [-0.15, -0.1) is 0 Å². The van der Waals surface area contributed by atoms with E-state index in [1.165, 1.54) is 0 Å².